The molecule has 5 nitrogen and oxygen atoms in total. The van der Waals surface area contributed by atoms with Gasteiger partial charge in [-0.1, -0.05) is 6.07 Å². The van der Waals surface area contributed by atoms with Crippen LogP contribution in [0.2, 0.25) is 0 Å². The number of carbonyl (C=O) groups is 1. The van der Waals surface area contributed by atoms with Gasteiger partial charge in [0.15, 0.2) is 0 Å². The molecule has 1 aromatic heterocycles. The van der Waals surface area contributed by atoms with Gasteiger partial charge in [-0.05, 0) is 12.1 Å². The van der Waals surface area contributed by atoms with Gasteiger partial charge < -0.3 is 16.4 Å². The SMILES string of the molecule is Cl.Cl.NCCNC(=O)NCc1ccccn1. The molecule has 0 saturated heterocycles. The zero-order valence-corrected chi connectivity index (χ0v) is 10.3. The van der Waals surface area contributed by atoms with Crippen LogP contribution < -0.4 is 16.4 Å². The fourth-order valence-electron chi connectivity index (χ4n) is 0.922. The maximum atomic E-state index is 11.1. The van der Waals surface area contributed by atoms with Gasteiger partial charge in [-0.15, -0.1) is 24.8 Å². The summed E-state index contributed by atoms with van der Waals surface area (Å²) >= 11 is 0. The van der Waals surface area contributed by atoms with Gasteiger partial charge in [-0.2, -0.15) is 0 Å². The van der Waals surface area contributed by atoms with Gasteiger partial charge in [-0.25, -0.2) is 4.79 Å². The van der Waals surface area contributed by atoms with Crippen molar-refractivity contribution in [3.8, 4) is 0 Å². The zero-order chi connectivity index (χ0) is 10.2. The number of aromatic nitrogens is 1. The Morgan fingerprint density at radius 3 is 2.62 bits per heavy atom. The molecule has 0 unspecified atom stereocenters. The number of rotatable bonds is 4. The first-order valence-electron chi connectivity index (χ1n) is 4.44. The Morgan fingerprint density at radius 2 is 2.06 bits per heavy atom. The second-order valence-electron chi connectivity index (χ2n) is 2.72. The number of amides is 2. The Bertz CT molecular complexity index is 284. The first-order valence-corrected chi connectivity index (χ1v) is 4.44. The number of halogens is 2. The molecule has 1 aromatic rings. The lowest BCUT2D eigenvalue weighted by Gasteiger charge is -2.05. The predicted molar refractivity (Wildman–Crippen MR) is 68.0 cm³/mol. The molecule has 0 saturated carbocycles. The number of hydrogen-bond donors (Lipinski definition) is 3. The second-order valence-corrected chi connectivity index (χ2v) is 2.72. The van der Waals surface area contributed by atoms with E-state index in [-0.39, 0.29) is 30.8 Å². The van der Waals surface area contributed by atoms with E-state index in [2.05, 4.69) is 15.6 Å². The average molecular weight is 267 g/mol. The van der Waals surface area contributed by atoms with E-state index in [0.29, 0.717) is 19.6 Å². The zero-order valence-electron chi connectivity index (χ0n) is 8.68. The first kappa shape index (κ1) is 17.4. The largest absolute Gasteiger partial charge is 0.337 e. The lowest BCUT2D eigenvalue weighted by atomic mass is 10.3. The number of hydrogen-bond acceptors (Lipinski definition) is 3. The minimum atomic E-state index is -0.221. The summed E-state index contributed by atoms with van der Waals surface area (Å²) in [7, 11) is 0. The number of nitrogens with zero attached hydrogens (tertiary/aromatic N) is 1. The highest BCUT2D eigenvalue weighted by molar-refractivity contribution is 5.85. The van der Waals surface area contributed by atoms with Gasteiger partial charge in [0, 0.05) is 19.3 Å². The van der Waals surface area contributed by atoms with Crippen LogP contribution in [0.3, 0.4) is 0 Å². The molecular weight excluding hydrogens is 251 g/mol. The maximum Gasteiger partial charge on any atom is 0.315 e. The van der Waals surface area contributed by atoms with Crippen molar-refractivity contribution in [2.24, 2.45) is 5.73 Å². The Morgan fingerprint density at radius 1 is 1.31 bits per heavy atom. The van der Waals surface area contributed by atoms with Crippen molar-refractivity contribution in [2.75, 3.05) is 13.1 Å². The summed E-state index contributed by atoms with van der Waals surface area (Å²) in [6, 6.07) is 5.34. The van der Waals surface area contributed by atoms with Crippen LogP contribution in [0.25, 0.3) is 0 Å². The van der Waals surface area contributed by atoms with Crippen LogP contribution in [0.1, 0.15) is 5.69 Å². The van der Waals surface area contributed by atoms with Crippen molar-refractivity contribution in [2.45, 2.75) is 6.54 Å². The van der Waals surface area contributed by atoms with Gasteiger partial charge >= 0.3 is 6.03 Å². The normalized spacial score (nSPS) is 8.31. The van der Waals surface area contributed by atoms with Crippen LogP contribution in [-0.2, 0) is 6.54 Å². The third-order valence-corrected chi connectivity index (χ3v) is 1.59. The van der Waals surface area contributed by atoms with Crippen LogP contribution >= 0.6 is 24.8 Å². The van der Waals surface area contributed by atoms with Crippen LogP contribution in [0, 0.1) is 0 Å². The number of nitrogens with one attached hydrogen (secondary N) is 2. The highest BCUT2D eigenvalue weighted by Crippen LogP contribution is 1.91. The average Bonchev–Trinajstić information content (AvgIpc) is 2.25. The summed E-state index contributed by atoms with van der Waals surface area (Å²) in [5, 5.41) is 5.27. The lowest BCUT2D eigenvalue weighted by molar-refractivity contribution is 0.240. The summed E-state index contributed by atoms with van der Waals surface area (Å²) in [5.41, 5.74) is 6.06. The molecule has 0 bridgehead atoms. The molecule has 1 rings (SSSR count). The quantitative estimate of drug-likeness (QED) is 0.750. The Kier molecular flexibility index (Phi) is 11.4. The number of urea groups is 1. The minimum absolute atomic E-state index is 0. The summed E-state index contributed by atoms with van der Waals surface area (Å²) in [6.45, 7) is 1.35. The lowest BCUT2D eigenvalue weighted by Crippen LogP contribution is -2.37. The molecule has 0 radical (unpaired) electrons. The minimum Gasteiger partial charge on any atom is -0.337 e. The summed E-state index contributed by atoms with van der Waals surface area (Å²) in [6.07, 6.45) is 1.69. The molecule has 1 heterocycles. The molecule has 0 atom stereocenters. The van der Waals surface area contributed by atoms with E-state index in [1.165, 1.54) is 0 Å². The van der Waals surface area contributed by atoms with E-state index in [0.717, 1.165) is 5.69 Å². The predicted octanol–water partition coefficient (Wildman–Crippen LogP) is 0.683. The highest BCUT2D eigenvalue weighted by atomic mass is 35.5. The van der Waals surface area contributed by atoms with Gasteiger partial charge in [-0.3, -0.25) is 4.98 Å². The molecule has 4 N–H and O–H groups in total. The van der Waals surface area contributed by atoms with Gasteiger partial charge in [0.05, 0.1) is 12.2 Å². The third-order valence-electron chi connectivity index (χ3n) is 1.59. The van der Waals surface area contributed by atoms with Crippen molar-refractivity contribution in [3.63, 3.8) is 0 Å². The summed E-state index contributed by atoms with van der Waals surface area (Å²) < 4.78 is 0. The van der Waals surface area contributed by atoms with E-state index >= 15 is 0 Å². The van der Waals surface area contributed by atoms with E-state index in [9.17, 15) is 4.79 Å². The first-order chi connectivity index (χ1) is 6.83. The van der Waals surface area contributed by atoms with Crippen molar-refractivity contribution >= 4 is 30.8 Å². The van der Waals surface area contributed by atoms with Crippen LogP contribution in [0.15, 0.2) is 24.4 Å². The standard InChI is InChI=1S/C9H14N4O.2ClH/c10-4-6-12-9(14)13-7-8-3-1-2-5-11-8;;/h1-3,5H,4,6-7,10H2,(H2,12,13,14);2*1H. The van der Waals surface area contributed by atoms with E-state index in [1.807, 2.05) is 18.2 Å². The fourth-order valence-corrected chi connectivity index (χ4v) is 0.922. The molecule has 0 spiro atoms. The molecule has 92 valence electrons. The maximum absolute atomic E-state index is 11.1. The molecule has 2 amide bonds. The highest BCUT2D eigenvalue weighted by Gasteiger charge is 1.98. The van der Waals surface area contributed by atoms with E-state index in [1.54, 1.807) is 6.20 Å². The molecule has 0 aliphatic heterocycles. The van der Waals surface area contributed by atoms with Crippen molar-refractivity contribution < 1.29 is 4.79 Å². The molecular formula is C9H16Cl2N4O. The topological polar surface area (TPSA) is 80.0 Å². The monoisotopic (exact) mass is 266 g/mol. The molecule has 0 aliphatic rings. The van der Waals surface area contributed by atoms with Crippen LogP contribution in [-0.4, -0.2) is 24.1 Å². The van der Waals surface area contributed by atoms with E-state index in [4.69, 9.17) is 5.73 Å². The van der Waals surface area contributed by atoms with Gasteiger partial charge in [0.1, 0.15) is 0 Å². The fraction of sp³-hybridized carbons (Fsp3) is 0.333. The molecule has 16 heavy (non-hydrogen) atoms. The Hall–Kier alpha value is -1.04. The summed E-state index contributed by atoms with van der Waals surface area (Å²) in [5.74, 6) is 0. The molecule has 0 aromatic carbocycles. The number of carbonyl (C=O) groups excluding carboxylic acids is 1. The van der Waals surface area contributed by atoms with E-state index < -0.39 is 0 Å². The second kappa shape index (κ2) is 10.5. The van der Waals surface area contributed by atoms with Gasteiger partial charge in [0.25, 0.3) is 0 Å². The van der Waals surface area contributed by atoms with Gasteiger partial charge in [0.2, 0.25) is 0 Å². The van der Waals surface area contributed by atoms with Crippen molar-refractivity contribution in [1.29, 1.82) is 0 Å². The number of pyridine rings is 1. The Balaban J connectivity index is 0. The smallest absolute Gasteiger partial charge is 0.315 e. The van der Waals surface area contributed by atoms with Crippen molar-refractivity contribution in [3.05, 3.63) is 30.1 Å². The molecule has 0 aliphatic carbocycles. The van der Waals surface area contributed by atoms with Crippen LogP contribution in [0.4, 0.5) is 4.79 Å². The third kappa shape index (κ3) is 7.28. The molecule has 0 fully saturated rings. The number of nitrogens with two attached hydrogens (primary N) is 1. The summed E-state index contributed by atoms with van der Waals surface area (Å²) in [4.78, 5) is 15.1. The Labute approximate surface area is 107 Å². The van der Waals surface area contributed by atoms with Crippen molar-refractivity contribution in [1.82, 2.24) is 15.6 Å². The molecule has 7 heteroatoms. The van der Waals surface area contributed by atoms with Crippen LogP contribution in [0.5, 0.6) is 0 Å².